The van der Waals surface area contributed by atoms with Gasteiger partial charge in [-0.3, -0.25) is 8.98 Å². The van der Waals surface area contributed by atoms with Gasteiger partial charge in [-0.25, -0.2) is 9.07 Å². The van der Waals surface area contributed by atoms with Crippen molar-refractivity contribution < 1.29 is 32.0 Å². The summed E-state index contributed by atoms with van der Waals surface area (Å²) in [5.41, 5.74) is 1.16. The molecule has 5 unspecified atom stereocenters. The highest BCUT2D eigenvalue weighted by atomic mass is 32.2. The van der Waals surface area contributed by atoms with Crippen molar-refractivity contribution in [1.82, 2.24) is 9.78 Å². The highest BCUT2D eigenvalue weighted by Crippen LogP contribution is 2.67. The maximum absolute atomic E-state index is 13.5. The molecule has 1 aromatic carbocycles. The van der Waals surface area contributed by atoms with Crippen LogP contribution in [0, 0.1) is 34.4 Å². The summed E-state index contributed by atoms with van der Waals surface area (Å²) in [4.78, 5) is 13.1. The van der Waals surface area contributed by atoms with Gasteiger partial charge < -0.3 is 10.2 Å². The summed E-state index contributed by atoms with van der Waals surface area (Å²) in [5, 5.41) is 28.0. The Morgan fingerprint density at radius 1 is 1.23 bits per heavy atom. The predicted octanol–water partition coefficient (Wildman–Crippen LogP) is 3.44. The number of rotatable bonds is 5. The number of benzene rings is 1. The van der Waals surface area contributed by atoms with Crippen LogP contribution in [-0.2, 0) is 25.5 Å². The summed E-state index contributed by atoms with van der Waals surface area (Å²) < 4.78 is 43.1. The topological polar surface area (TPSA) is 119 Å². The number of allylic oxidation sites excluding steroid dienone is 1. The van der Waals surface area contributed by atoms with Gasteiger partial charge in [0.05, 0.1) is 29.9 Å². The van der Waals surface area contributed by atoms with Crippen molar-refractivity contribution in [3.63, 3.8) is 0 Å². The Bertz CT molecular complexity index is 1470. The molecule has 0 aliphatic heterocycles. The summed E-state index contributed by atoms with van der Waals surface area (Å²) in [6.07, 6.45) is 7.66. The van der Waals surface area contributed by atoms with Gasteiger partial charge in [-0.05, 0) is 97.6 Å². The number of aliphatic hydroxyl groups is 2. The molecule has 0 bridgehead atoms. The average molecular weight is 559 g/mol. The molecular weight excluding hydrogens is 523 g/mol. The van der Waals surface area contributed by atoms with E-state index >= 15 is 0 Å². The standard InChI is InChI=1S/C29H35FN2O6S/c1-27-13-17-15-31-32(20-7-5-19(30)6-8-20)23(17)12-18(27)4-9-21-22-10-11-29(35,25(34)16-38-39(3,36)37)28(22,2)14-24(33)26(21)27/h5-8,12,15,21-22,24,26,33,35H,4,9-11,13-14,16H2,1-3H3/t21?,22?,24-,26?,27?,28?,29-/m0/s1. The van der Waals surface area contributed by atoms with E-state index in [0.29, 0.717) is 12.8 Å². The molecule has 3 fully saturated rings. The van der Waals surface area contributed by atoms with Crippen LogP contribution in [0.3, 0.4) is 0 Å². The Balaban J connectivity index is 1.31. The lowest BCUT2D eigenvalue weighted by atomic mass is 9.45. The maximum atomic E-state index is 13.5. The van der Waals surface area contributed by atoms with Crippen molar-refractivity contribution in [2.24, 2.45) is 28.6 Å². The van der Waals surface area contributed by atoms with Crippen LogP contribution in [0.15, 0.2) is 36.0 Å². The second-order valence-corrected chi connectivity index (χ2v) is 14.2. The normalized spacial score (nSPS) is 37.3. The Labute approximate surface area is 228 Å². The Kier molecular flexibility index (Phi) is 6.05. The zero-order valence-electron chi connectivity index (χ0n) is 22.4. The zero-order chi connectivity index (χ0) is 28.0. The number of carbonyl (C=O) groups is 1. The maximum Gasteiger partial charge on any atom is 0.264 e. The van der Waals surface area contributed by atoms with Crippen molar-refractivity contribution >= 4 is 22.0 Å². The number of aliphatic hydroxyl groups excluding tert-OH is 1. The summed E-state index contributed by atoms with van der Waals surface area (Å²) in [6.45, 7) is 3.39. The minimum atomic E-state index is -3.83. The largest absolute Gasteiger partial charge is 0.393 e. The fraction of sp³-hybridized carbons (Fsp3) is 0.586. The van der Waals surface area contributed by atoms with Gasteiger partial charge in [-0.2, -0.15) is 13.5 Å². The third kappa shape index (κ3) is 3.97. The van der Waals surface area contributed by atoms with Crippen LogP contribution >= 0.6 is 0 Å². The number of fused-ring (bicyclic) bond motifs is 6. The Morgan fingerprint density at radius 3 is 2.64 bits per heavy atom. The fourth-order valence-electron chi connectivity index (χ4n) is 8.72. The van der Waals surface area contributed by atoms with E-state index in [-0.39, 0.29) is 41.8 Å². The van der Waals surface area contributed by atoms with Crippen molar-refractivity contribution in [3.05, 3.63) is 53.1 Å². The molecule has 7 atom stereocenters. The molecule has 39 heavy (non-hydrogen) atoms. The van der Waals surface area contributed by atoms with Crippen molar-refractivity contribution in [1.29, 1.82) is 0 Å². The molecule has 0 amide bonds. The Morgan fingerprint density at radius 2 is 1.95 bits per heavy atom. The number of ketones is 1. The van der Waals surface area contributed by atoms with Gasteiger partial charge in [0, 0.05) is 5.41 Å². The molecule has 0 saturated heterocycles. The van der Waals surface area contributed by atoms with E-state index in [2.05, 4.69) is 18.1 Å². The molecule has 3 saturated carbocycles. The number of hydrogen-bond acceptors (Lipinski definition) is 7. The first kappa shape index (κ1) is 26.8. The van der Waals surface area contributed by atoms with Crippen molar-refractivity contribution in [3.8, 4) is 5.69 Å². The second-order valence-electron chi connectivity index (χ2n) is 12.5. The van der Waals surface area contributed by atoms with Gasteiger partial charge in [-0.1, -0.05) is 19.4 Å². The summed E-state index contributed by atoms with van der Waals surface area (Å²) in [5.74, 6) is -0.873. The third-order valence-electron chi connectivity index (χ3n) is 10.5. The first-order valence-electron chi connectivity index (χ1n) is 13.6. The molecule has 8 nitrogen and oxygen atoms in total. The SMILES string of the molecule is CC12Cc3cnn(-c4ccc(F)cc4)c3C=C1CCC1C2[C@@H](O)CC2(C)C1CC[C@]2(O)C(=O)COS(C)(=O)=O. The lowest BCUT2D eigenvalue weighted by Gasteiger charge is -2.60. The molecule has 1 aromatic heterocycles. The van der Waals surface area contributed by atoms with E-state index in [1.807, 2.05) is 17.8 Å². The number of hydrogen-bond donors (Lipinski definition) is 2. The molecule has 2 N–H and O–H groups in total. The van der Waals surface area contributed by atoms with Gasteiger partial charge in [0.15, 0.2) is 5.78 Å². The van der Waals surface area contributed by atoms with Gasteiger partial charge >= 0.3 is 0 Å². The molecule has 10 heteroatoms. The number of Topliss-reactive ketones (excluding diaryl/α,β-unsaturated/α-hetero) is 1. The zero-order valence-corrected chi connectivity index (χ0v) is 23.2. The van der Waals surface area contributed by atoms with Crippen LogP contribution in [-0.4, -0.2) is 58.8 Å². The fourth-order valence-corrected chi connectivity index (χ4v) is 9.04. The number of nitrogens with zero attached hydrogens (tertiary/aromatic N) is 2. The van der Waals surface area contributed by atoms with Gasteiger partial charge in [0.2, 0.25) is 0 Å². The predicted molar refractivity (Wildman–Crippen MR) is 142 cm³/mol. The molecule has 0 spiro atoms. The average Bonchev–Trinajstić information content (AvgIpc) is 3.38. The smallest absolute Gasteiger partial charge is 0.264 e. The highest BCUT2D eigenvalue weighted by molar-refractivity contribution is 7.86. The Hall–Kier alpha value is -2.40. The van der Waals surface area contributed by atoms with Crippen LogP contribution in [0.2, 0.25) is 0 Å². The molecule has 4 aliphatic carbocycles. The van der Waals surface area contributed by atoms with E-state index in [1.165, 1.54) is 17.7 Å². The van der Waals surface area contributed by atoms with Crippen molar-refractivity contribution in [2.45, 2.75) is 64.1 Å². The van der Waals surface area contributed by atoms with Gasteiger partial charge in [0.25, 0.3) is 10.1 Å². The molecule has 6 rings (SSSR count). The number of aromatic nitrogens is 2. The number of carbonyl (C=O) groups excluding carboxylic acids is 1. The number of halogens is 1. The van der Waals surface area contributed by atoms with Crippen LogP contribution in [0.25, 0.3) is 11.8 Å². The van der Waals surface area contributed by atoms with E-state index in [4.69, 9.17) is 4.18 Å². The monoisotopic (exact) mass is 558 g/mol. The van der Waals surface area contributed by atoms with Crippen LogP contribution in [0.5, 0.6) is 0 Å². The summed E-state index contributed by atoms with van der Waals surface area (Å²) >= 11 is 0. The van der Waals surface area contributed by atoms with Crippen LogP contribution in [0.4, 0.5) is 4.39 Å². The van der Waals surface area contributed by atoms with Crippen LogP contribution < -0.4 is 0 Å². The van der Waals surface area contributed by atoms with Crippen molar-refractivity contribution in [2.75, 3.05) is 12.9 Å². The lowest BCUT2D eigenvalue weighted by molar-refractivity contribution is -0.180. The quantitative estimate of drug-likeness (QED) is 0.540. The van der Waals surface area contributed by atoms with Crippen LogP contribution in [0.1, 0.15) is 57.2 Å². The summed E-state index contributed by atoms with van der Waals surface area (Å²) in [7, 11) is -3.83. The molecular formula is C29H35FN2O6S. The highest BCUT2D eigenvalue weighted by Gasteiger charge is 2.68. The molecule has 2 aromatic rings. The van der Waals surface area contributed by atoms with Gasteiger partial charge in [-0.15, -0.1) is 0 Å². The third-order valence-corrected chi connectivity index (χ3v) is 11.1. The molecule has 4 aliphatic rings. The minimum Gasteiger partial charge on any atom is -0.393 e. The van der Waals surface area contributed by atoms with E-state index < -0.39 is 39.6 Å². The first-order valence-corrected chi connectivity index (χ1v) is 15.4. The summed E-state index contributed by atoms with van der Waals surface area (Å²) in [6, 6.07) is 6.26. The lowest BCUT2D eigenvalue weighted by Crippen LogP contribution is -2.62. The van der Waals surface area contributed by atoms with Gasteiger partial charge in [0.1, 0.15) is 18.0 Å². The minimum absolute atomic E-state index is 0.0137. The molecule has 0 radical (unpaired) electrons. The first-order chi connectivity index (χ1) is 18.3. The van der Waals surface area contributed by atoms with E-state index in [1.54, 1.807) is 12.1 Å². The molecule has 210 valence electrons. The molecule has 1 heterocycles. The second kappa shape index (κ2) is 8.80. The van der Waals surface area contributed by atoms with E-state index in [9.17, 15) is 27.8 Å². The van der Waals surface area contributed by atoms with E-state index in [0.717, 1.165) is 36.0 Å².